The van der Waals surface area contributed by atoms with Crippen LogP contribution in [0.2, 0.25) is 0 Å². The molecule has 134 valence electrons. The highest BCUT2D eigenvalue weighted by atomic mass is 35.5. The van der Waals surface area contributed by atoms with Crippen molar-refractivity contribution in [2.75, 3.05) is 20.2 Å². The van der Waals surface area contributed by atoms with Crippen LogP contribution in [0.4, 0.5) is 0 Å². The summed E-state index contributed by atoms with van der Waals surface area (Å²) in [6, 6.07) is 21.6. The van der Waals surface area contributed by atoms with Crippen LogP contribution in [0, 0.1) is 0 Å². The van der Waals surface area contributed by atoms with E-state index in [2.05, 4.69) is 84.8 Å². The van der Waals surface area contributed by atoms with Gasteiger partial charge in [0.1, 0.15) is 5.75 Å². The highest BCUT2D eigenvalue weighted by Gasteiger charge is 2.12. The van der Waals surface area contributed by atoms with Crippen molar-refractivity contribution in [2.24, 2.45) is 0 Å². The maximum atomic E-state index is 5.58. The molecule has 4 rings (SSSR count). The van der Waals surface area contributed by atoms with E-state index in [1.807, 2.05) is 0 Å². The summed E-state index contributed by atoms with van der Waals surface area (Å²) in [6.45, 7) is 2.70. The lowest BCUT2D eigenvalue weighted by atomic mass is 10.0. The zero-order chi connectivity index (χ0) is 17.1. The lowest BCUT2D eigenvalue weighted by molar-refractivity contribution is 0.356. The molecule has 0 saturated heterocycles. The highest BCUT2D eigenvalue weighted by molar-refractivity contribution is 5.90. The van der Waals surface area contributed by atoms with Gasteiger partial charge in [0.05, 0.1) is 6.61 Å². The van der Waals surface area contributed by atoms with E-state index >= 15 is 0 Å². The lowest BCUT2D eigenvalue weighted by Gasteiger charge is -2.15. The van der Waals surface area contributed by atoms with Gasteiger partial charge in [-0.3, -0.25) is 4.90 Å². The average molecular weight is 366 g/mol. The first-order valence-electron chi connectivity index (χ1n) is 8.87. The van der Waals surface area contributed by atoms with E-state index in [9.17, 15) is 0 Å². The number of rotatable bonds is 5. The van der Waals surface area contributed by atoms with Crippen LogP contribution in [-0.2, 0) is 13.0 Å². The monoisotopic (exact) mass is 365 g/mol. The van der Waals surface area contributed by atoms with Crippen LogP contribution in [0.3, 0.4) is 0 Å². The Kier molecular flexibility index (Phi) is 5.97. The summed E-state index contributed by atoms with van der Waals surface area (Å²) in [5.74, 6) is 1.06. The van der Waals surface area contributed by atoms with Crippen LogP contribution >= 0.6 is 12.4 Å². The fourth-order valence-electron chi connectivity index (χ4n) is 3.47. The van der Waals surface area contributed by atoms with Gasteiger partial charge in [-0.2, -0.15) is 0 Å². The van der Waals surface area contributed by atoms with Crippen molar-refractivity contribution >= 4 is 29.3 Å². The molecule has 3 aromatic rings. The van der Waals surface area contributed by atoms with Gasteiger partial charge in [0.15, 0.2) is 0 Å². The minimum atomic E-state index is 0. The maximum absolute atomic E-state index is 5.58. The molecule has 0 atom stereocenters. The Labute approximate surface area is 161 Å². The Morgan fingerprint density at radius 1 is 1.04 bits per heavy atom. The molecule has 1 heterocycles. The molecule has 0 bridgehead atoms. The SMILES string of the molecule is CN(C/C=C/c1cccc2ccccc12)Cc1ccc2c(c1)CCO2.Cl. The minimum Gasteiger partial charge on any atom is -0.493 e. The third-order valence-corrected chi connectivity index (χ3v) is 4.74. The molecule has 0 saturated carbocycles. The molecule has 1 aliphatic heterocycles. The van der Waals surface area contributed by atoms with Crippen LogP contribution in [0.1, 0.15) is 16.7 Å². The quantitative estimate of drug-likeness (QED) is 0.605. The van der Waals surface area contributed by atoms with E-state index in [1.54, 1.807) is 0 Å². The zero-order valence-corrected chi connectivity index (χ0v) is 15.8. The third-order valence-electron chi connectivity index (χ3n) is 4.74. The van der Waals surface area contributed by atoms with Crippen LogP contribution < -0.4 is 4.74 Å². The molecule has 26 heavy (non-hydrogen) atoms. The second kappa shape index (κ2) is 8.39. The summed E-state index contributed by atoms with van der Waals surface area (Å²) in [5.41, 5.74) is 3.98. The summed E-state index contributed by atoms with van der Waals surface area (Å²) in [7, 11) is 2.16. The van der Waals surface area contributed by atoms with Gasteiger partial charge < -0.3 is 4.74 Å². The highest BCUT2D eigenvalue weighted by Crippen LogP contribution is 2.26. The second-order valence-electron chi connectivity index (χ2n) is 6.71. The standard InChI is InChI=1S/C23H23NO.ClH/c1-24(17-18-11-12-23-21(16-18)13-15-25-23)14-5-9-20-8-4-7-19-6-2-3-10-22(19)20;/h2-12,16H,13-15,17H2,1H3;1H/b9-5+;. The first kappa shape index (κ1) is 18.5. The van der Waals surface area contributed by atoms with Gasteiger partial charge in [-0.15, -0.1) is 12.4 Å². The summed E-state index contributed by atoms with van der Waals surface area (Å²) < 4.78 is 5.58. The van der Waals surface area contributed by atoms with Crippen LogP contribution in [0.5, 0.6) is 5.75 Å². The molecule has 1 aliphatic rings. The van der Waals surface area contributed by atoms with Crippen molar-refractivity contribution in [3.05, 3.63) is 83.4 Å². The predicted octanol–water partition coefficient (Wildman–Crippen LogP) is 5.34. The van der Waals surface area contributed by atoms with E-state index in [4.69, 9.17) is 4.74 Å². The van der Waals surface area contributed by atoms with Crippen LogP contribution in [0.25, 0.3) is 16.8 Å². The summed E-state index contributed by atoms with van der Waals surface area (Å²) in [5, 5.41) is 2.60. The Balaban J connectivity index is 0.00000196. The molecule has 0 amide bonds. The molecule has 3 heteroatoms. The first-order chi connectivity index (χ1) is 12.3. The van der Waals surface area contributed by atoms with Gasteiger partial charge in [-0.25, -0.2) is 0 Å². The Morgan fingerprint density at radius 2 is 1.88 bits per heavy atom. The fourth-order valence-corrected chi connectivity index (χ4v) is 3.47. The molecule has 0 aliphatic carbocycles. The molecule has 0 aromatic heterocycles. The minimum absolute atomic E-state index is 0. The molecule has 0 unspecified atom stereocenters. The molecule has 0 spiro atoms. The summed E-state index contributed by atoms with van der Waals surface area (Å²) in [4.78, 5) is 2.33. The van der Waals surface area contributed by atoms with Crippen molar-refractivity contribution in [1.29, 1.82) is 0 Å². The van der Waals surface area contributed by atoms with Gasteiger partial charge in [-0.1, -0.05) is 66.7 Å². The average Bonchev–Trinajstić information content (AvgIpc) is 3.10. The summed E-state index contributed by atoms with van der Waals surface area (Å²) >= 11 is 0. The third kappa shape index (κ3) is 4.09. The smallest absolute Gasteiger partial charge is 0.122 e. The fraction of sp³-hybridized carbons (Fsp3) is 0.217. The number of likely N-dealkylation sites (N-methyl/N-ethyl adjacent to an activating group) is 1. The molecular formula is C23H24ClNO. The Hall–Kier alpha value is -2.29. The topological polar surface area (TPSA) is 12.5 Å². The number of ether oxygens (including phenoxy) is 1. The Morgan fingerprint density at radius 3 is 2.81 bits per heavy atom. The molecule has 0 radical (unpaired) electrons. The predicted molar refractivity (Wildman–Crippen MR) is 112 cm³/mol. The molecule has 0 fully saturated rings. The largest absolute Gasteiger partial charge is 0.493 e. The van der Waals surface area contributed by atoms with Gasteiger partial charge in [0, 0.05) is 19.5 Å². The van der Waals surface area contributed by atoms with Crippen LogP contribution in [0.15, 0.2) is 66.7 Å². The first-order valence-corrected chi connectivity index (χ1v) is 8.87. The molecule has 2 nitrogen and oxygen atoms in total. The van der Waals surface area contributed by atoms with E-state index in [0.717, 1.165) is 31.9 Å². The van der Waals surface area contributed by atoms with Crippen molar-refractivity contribution < 1.29 is 4.74 Å². The summed E-state index contributed by atoms with van der Waals surface area (Å²) in [6.07, 6.45) is 5.52. The number of fused-ring (bicyclic) bond motifs is 2. The molecule has 0 N–H and O–H groups in total. The maximum Gasteiger partial charge on any atom is 0.122 e. The van der Waals surface area contributed by atoms with Gasteiger partial charge in [0.2, 0.25) is 0 Å². The van der Waals surface area contributed by atoms with Crippen molar-refractivity contribution in [1.82, 2.24) is 4.90 Å². The number of halogens is 1. The van der Waals surface area contributed by atoms with E-state index < -0.39 is 0 Å². The van der Waals surface area contributed by atoms with E-state index in [1.165, 1.54) is 27.5 Å². The molecular weight excluding hydrogens is 342 g/mol. The Bertz CT molecular complexity index is 914. The van der Waals surface area contributed by atoms with E-state index in [0.29, 0.717) is 0 Å². The van der Waals surface area contributed by atoms with Crippen molar-refractivity contribution in [3.8, 4) is 5.75 Å². The van der Waals surface area contributed by atoms with Gasteiger partial charge in [0.25, 0.3) is 0 Å². The zero-order valence-electron chi connectivity index (χ0n) is 15.0. The van der Waals surface area contributed by atoms with Gasteiger partial charge in [-0.05, 0) is 40.6 Å². The van der Waals surface area contributed by atoms with Crippen molar-refractivity contribution in [2.45, 2.75) is 13.0 Å². The van der Waals surface area contributed by atoms with Gasteiger partial charge >= 0.3 is 0 Å². The number of nitrogens with zero attached hydrogens (tertiary/aromatic N) is 1. The van der Waals surface area contributed by atoms with Crippen LogP contribution in [-0.4, -0.2) is 25.1 Å². The second-order valence-corrected chi connectivity index (χ2v) is 6.71. The van der Waals surface area contributed by atoms with Crippen molar-refractivity contribution in [3.63, 3.8) is 0 Å². The number of benzene rings is 3. The number of hydrogen-bond acceptors (Lipinski definition) is 2. The lowest BCUT2D eigenvalue weighted by Crippen LogP contribution is -2.17. The normalized spacial score (nSPS) is 13.0. The number of hydrogen-bond donors (Lipinski definition) is 0. The van der Waals surface area contributed by atoms with E-state index in [-0.39, 0.29) is 12.4 Å². The molecule has 3 aromatic carbocycles.